The molecule has 3 N–H and O–H groups in total. The largest absolute Gasteiger partial charge is 0.507 e. The molecule has 0 aliphatic carbocycles. The lowest BCUT2D eigenvalue weighted by Gasteiger charge is -2.10. The van der Waals surface area contributed by atoms with Gasteiger partial charge in [-0.25, -0.2) is 0 Å². The average molecular weight is 195 g/mol. The first-order valence-corrected chi connectivity index (χ1v) is 4.29. The van der Waals surface area contributed by atoms with E-state index in [1.807, 2.05) is 0 Å². The van der Waals surface area contributed by atoms with Gasteiger partial charge in [-0.15, -0.1) is 0 Å². The fraction of sp³-hybridized carbons (Fsp3) is 0.300. The van der Waals surface area contributed by atoms with Crippen molar-refractivity contribution in [3.63, 3.8) is 0 Å². The zero-order valence-electron chi connectivity index (χ0n) is 7.90. The van der Waals surface area contributed by atoms with E-state index >= 15 is 0 Å². The van der Waals surface area contributed by atoms with Crippen molar-refractivity contribution in [2.75, 3.05) is 13.6 Å². The van der Waals surface area contributed by atoms with E-state index in [9.17, 15) is 15.0 Å². The lowest BCUT2D eigenvalue weighted by atomic mass is 10.1. The SMILES string of the molecule is CNCC(O)c1ccc(O)c(C=O)c1. The van der Waals surface area contributed by atoms with Crippen LogP contribution in [0.25, 0.3) is 0 Å². The molecular formula is C10H13NO3. The third-order valence-electron chi connectivity index (χ3n) is 1.96. The molecule has 4 heteroatoms. The maximum absolute atomic E-state index is 10.5. The Morgan fingerprint density at radius 1 is 1.57 bits per heavy atom. The summed E-state index contributed by atoms with van der Waals surface area (Å²) < 4.78 is 0. The van der Waals surface area contributed by atoms with Crippen LogP contribution in [0, 0.1) is 0 Å². The van der Waals surface area contributed by atoms with E-state index in [-0.39, 0.29) is 11.3 Å². The quantitative estimate of drug-likeness (QED) is 0.610. The van der Waals surface area contributed by atoms with Crippen molar-refractivity contribution in [1.82, 2.24) is 5.32 Å². The molecule has 1 aromatic rings. The normalized spacial score (nSPS) is 12.4. The third-order valence-corrected chi connectivity index (χ3v) is 1.96. The van der Waals surface area contributed by atoms with Crippen molar-refractivity contribution in [3.8, 4) is 5.75 Å². The van der Waals surface area contributed by atoms with Crippen LogP contribution >= 0.6 is 0 Å². The van der Waals surface area contributed by atoms with Crippen LogP contribution in [0.5, 0.6) is 5.75 Å². The number of hydrogen-bond acceptors (Lipinski definition) is 4. The lowest BCUT2D eigenvalue weighted by molar-refractivity contribution is 0.112. The highest BCUT2D eigenvalue weighted by Crippen LogP contribution is 2.20. The number of carbonyl (C=O) groups excluding carboxylic acids is 1. The molecule has 0 spiro atoms. The number of nitrogens with one attached hydrogen (secondary N) is 1. The standard InChI is InChI=1S/C10H13NO3/c1-11-5-10(14)7-2-3-9(13)8(4-7)6-12/h2-4,6,10-11,13-14H,5H2,1H3. The minimum atomic E-state index is -0.667. The molecule has 76 valence electrons. The minimum absolute atomic E-state index is 0.0691. The Bertz CT molecular complexity index is 325. The van der Waals surface area contributed by atoms with Crippen LogP contribution in [0.15, 0.2) is 18.2 Å². The van der Waals surface area contributed by atoms with Crippen molar-refractivity contribution in [1.29, 1.82) is 0 Å². The molecule has 0 bridgehead atoms. The highest BCUT2D eigenvalue weighted by atomic mass is 16.3. The zero-order valence-corrected chi connectivity index (χ0v) is 7.90. The van der Waals surface area contributed by atoms with E-state index in [1.165, 1.54) is 12.1 Å². The van der Waals surface area contributed by atoms with Gasteiger partial charge in [0.05, 0.1) is 11.7 Å². The Balaban J connectivity index is 2.94. The van der Waals surface area contributed by atoms with Gasteiger partial charge in [0, 0.05) is 6.54 Å². The number of carbonyl (C=O) groups is 1. The van der Waals surface area contributed by atoms with Gasteiger partial charge in [-0.1, -0.05) is 6.07 Å². The summed E-state index contributed by atoms with van der Waals surface area (Å²) in [7, 11) is 1.73. The maximum Gasteiger partial charge on any atom is 0.153 e. The Kier molecular flexibility index (Phi) is 3.62. The van der Waals surface area contributed by atoms with E-state index in [4.69, 9.17) is 0 Å². The second-order valence-corrected chi connectivity index (χ2v) is 3.01. The first-order valence-electron chi connectivity index (χ1n) is 4.29. The molecule has 0 radical (unpaired) electrons. The summed E-state index contributed by atoms with van der Waals surface area (Å²) in [6, 6.07) is 4.46. The van der Waals surface area contributed by atoms with Crippen molar-refractivity contribution >= 4 is 6.29 Å². The van der Waals surface area contributed by atoms with Gasteiger partial charge in [-0.3, -0.25) is 4.79 Å². The molecule has 0 saturated heterocycles. The molecule has 0 heterocycles. The van der Waals surface area contributed by atoms with Crippen LogP contribution in [0.1, 0.15) is 22.0 Å². The molecule has 1 rings (SSSR count). The number of aliphatic hydroxyl groups excluding tert-OH is 1. The Morgan fingerprint density at radius 3 is 2.86 bits per heavy atom. The summed E-state index contributed by atoms with van der Waals surface area (Å²) in [6.45, 7) is 0.406. The van der Waals surface area contributed by atoms with E-state index in [2.05, 4.69) is 5.32 Å². The minimum Gasteiger partial charge on any atom is -0.507 e. The monoisotopic (exact) mass is 195 g/mol. The fourth-order valence-electron chi connectivity index (χ4n) is 1.19. The number of rotatable bonds is 4. The molecule has 0 saturated carbocycles. The van der Waals surface area contributed by atoms with Gasteiger partial charge in [-0.2, -0.15) is 0 Å². The van der Waals surface area contributed by atoms with Crippen LogP contribution in [0.2, 0.25) is 0 Å². The summed E-state index contributed by atoms with van der Waals surface area (Å²) in [5.41, 5.74) is 0.803. The van der Waals surface area contributed by atoms with Crippen LogP contribution < -0.4 is 5.32 Å². The third kappa shape index (κ3) is 2.31. The highest BCUT2D eigenvalue weighted by Gasteiger charge is 2.08. The number of phenolic OH excluding ortho intramolecular Hbond substituents is 1. The van der Waals surface area contributed by atoms with Gasteiger partial charge < -0.3 is 15.5 Å². The smallest absolute Gasteiger partial charge is 0.153 e. The van der Waals surface area contributed by atoms with Crippen molar-refractivity contribution in [3.05, 3.63) is 29.3 Å². The van der Waals surface area contributed by atoms with Gasteiger partial charge in [0.15, 0.2) is 6.29 Å². The van der Waals surface area contributed by atoms with E-state index < -0.39 is 6.10 Å². The second-order valence-electron chi connectivity index (χ2n) is 3.01. The van der Waals surface area contributed by atoms with Crippen molar-refractivity contribution < 1.29 is 15.0 Å². The summed E-state index contributed by atoms with van der Waals surface area (Å²) >= 11 is 0. The molecule has 0 aliphatic rings. The van der Waals surface area contributed by atoms with Crippen LogP contribution in [0.3, 0.4) is 0 Å². The topological polar surface area (TPSA) is 69.6 Å². The van der Waals surface area contributed by atoms with Crippen LogP contribution in [0.4, 0.5) is 0 Å². The molecular weight excluding hydrogens is 182 g/mol. The predicted molar refractivity (Wildman–Crippen MR) is 52.4 cm³/mol. The molecule has 1 atom stereocenters. The number of aliphatic hydroxyl groups is 1. The van der Waals surface area contributed by atoms with Gasteiger partial charge in [0.1, 0.15) is 5.75 Å². The van der Waals surface area contributed by atoms with Gasteiger partial charge >= 0.3 is 0 Å². The number of aromatic hydroxyl groups is 1. The fourth-order valence-corrected chi connectivity index (χ4v) is 1.19. The Hall–Kier alpha value is -1.39. The van der Waals surface area contributed by atoms with Gasteiger partial charge in [0.25, 0.3) is 0 Å². The lowest BCUT2D eigenvalue weighted by Crippen LogP contribution is -2.16. The summed E-state index contributed by atoms with van der Waals surface area (Å²) in [5.74, 6) is -0.0691. The molecule has 1 aromatic carbocycles. The number of benzene rings is 1. The Labute approximate surface area is 82.2 Å². The molecule has 0 aromatic heterocycles. The number of aldehydes is 1. The summed E-state index contributed by atoms with van der Waals surface area (Å²) in [4.78, 5) is 10.5. The summed E-state index contributed by atoms with van der Waals surface area (Å²) in [5, 5.41) is 21.6. The molecule has 0 aliphatic heterocycles. The van der Waals surface area contributed by atoms with E-state index in [0.29, 0.717) is 18.4 Å². The molecule has 14 heavy (non-hydrogen) atoms. The van der Waals surface area contributed by atoms with Crippen molar-refractivity contribution in [2.24, 2.45) is 0 Å². The van der Waals surface area contributed by atoms with Gasteiger partial charge in [-0.05, 0) is 24.7 Å². The first kappa shape index (κ1) is 10.7. The van der Waals surface area contributed by atoms with E-state index in [0.717, 1.165) is 0 Å². The molecule has 0 amide bonds. The molecule has 1 unspecified atom stereocenters. The van der Waals surface area contributed by atoms with Crippen LogP contribution in [-0.4, -0.2) is 30.1 Å². The maximum atomic E-state index is 10.5. The van der Waals surface area contributed by atoms with E-state index in [1.54, 1.807) is 13.1 Å². The highest BCUT2D eigenvalue weighted by molar-refractivity contribution is 5.79. The summed E-state index contributed by atoms with van der Waals surface area (Å²) in [6.07, 6.45) is -0.107. The first-order chi connectivity index (χ1) is 6.69. The van der Waals surface area contributed by atoms with Gasteiger partial charge in [0.2, 0.25) is 0 Å². The predicted octanol–water partition coefficient (Wildman–Crippen LogP) is 0.458. The zero-order chi connectivity index (χ0) is 10.6. The van der Waals surface area contributed by atoms with Crippen LogP contribution in [-0.2, 0) is 0 Å². The Morgan fingerprint density at radius 2 is 2.29 bits per heavy atom. The molecule has 4 nitrogen and oxygen atoms in total. The number of likely N-dealkylation sites (N-methyl/N-ethyl adjacent to an activating group) is 1. The number of hydrogen-bond donors (Lipinski definition) is 3. The number of phenols is 1. The second kappa shape index (κ2) is 4.74. The van der Waals surface area contributed by atoms with Crippen molar-refractivity contribution in [2.45, 2.75) is 6.10 Å². The molecule has 0 fully saturated rings. The average Bonchev–Trinajstić information content (AvgIpc) is 2.19.